The number of fused-ring (bicyclic) bond motifs is 2. The van der Waals surface area contributed by atoms with Crippen molar-refractivity contribution in [2.24, 2.45) is 0 Å². The number of hydrogen-bond acceptors (Lipinski definition) is 4. The Morgan fingerprint density at radius 1 is 0.394 bits per heavy atom. The maximum atomic E-state index is 5.69. The van der Waals surface area contributed by atoms with Gasteiger partial charge in [0, 0.05) is 25.8 Å². The van der Waals surface area contributed by atoms with Crippen molar-refractivity contribution in [1.29, 1.82) is 0 Å². The predicted molar refractivity (Wildman–Crippen MR) is 289 cm³/mol. The highest BCUT2D eigenvalue weighted by atomic mass is 32.1. The molecule has 66 heavy (non-hydrogen) atoms. The molecule has 0 spiro atoms. The third-order valence-electron chi connectivity index (χ3n) is 13.4. The van der Waals surface area contributed by atoms with Gasteiger partial charge in [-0.2, -0.15) is 0 Å². The molecule has 6 aromatic carbocycles. The quantitative estimate of drug-likeness (QED) is 0.0712. The van der Waals surface area contributed by atoms with Crippen molar-refractivity contribution in [3.05, 3.63) is 167 Å². The van der Waals surface area contributed by atoms with E-state index < -0.39 is 0 Å². The molecule has 2 nitrogen and oxygen atoms in total. The molecule has 4 heteroatoms. The van der Waals surface area contributed by atoms with E-state index in [2.05, 4.69) is 173 Å². The second-order valence-electron chi connectivity index (χ2n) is 18.4. The fraction of sp³-hybridized carbons (Fsp3) is 0.290. The number of nitrogens with zero attached hydrogens (tertiary/aromatic N) is 2. The molecule has 0 aliphatic carbocycles. The second-order valence-corrected chi connectivity index (χ2v) is 20.7. The molecular formula is C62H64N2S2. The van der Waals surface area contributed by atoms with Gasteiger partial charge in [0.05, 0.1) is 16.3 Å². The van der Waals surface area contributed by atoms with E-state index in [0.29, 0.717) is 0 Å². The molecule has 0 radical (unpaired) electrons. The lowest BCUT2D eigenvalue weighted by molar-refractivity contribution is 0.605. The molecule has 0 atom stereocenters. The van der Waals surface area contributed by atoms with Gasteiger partial charge in [0.25, 0.3) is 0 Å². The fourth-order valence-electron chi connectivity index (χ4n) is 9.76. The Balaban J connectivity index is 1.23. The van der Waals surface area contributed by atoms with E-state index in [9.17, 15) is 0 Å². The molecule has 0 aliphatic rings. The summed E-state index contributed by atoms with van der Waals surface area (Å²) in [7, 11) is 0. The number of thiophene rings is 2. The highest BCUT2D eigenvalue weighted by molar-refractivity contribution is 7.23. The molecule has 0 aliphatic heterocycles. The van der Waals surface area contributed by atoms with Crippen LogP contribution < -0.4 is 0 Å². The van der Waals surface area contributed by atoms with Crippen LogP contribution >= 0.6 is 22.7 Å². The predicted octanol–water partition coefficient (Wildman–Crippen LogP) is 19.3. The first-order chi connectivity index (χ1) is 32.4. The van der Waals surface area contributed by atoms with E-state index in [-0.39, 0.29) is 0 Å². The average molecular weight is 901 g/mol. The minimum absolute atomic E-state index is 0.761. The number of hydrogen-bond donors (Lipinski definition) is 0. The van der Waals surface area contributed by atoms with Gasteiger partial charge >= 0.3 is 0 Å². The summed E-state index contributed by atoms with van der Waals surface area (Å²) in [4.78, 5) is 16.3. The van der Waals surface area contributed by atoms with Crippen LogP contribution in [0.5, 0.6) is 0 Å². The summed E-state index contributed by atoms with van der Waals surface area (Å²) < 4.78 is 0. The molecule has 0 saturated carbocycles. The largest absolute Gasteiger partial charge is 0.228 e. The first-order valence-corrected chi connectivity index (χ1v) is 26.4. The smallest absolute Gasteiger partial charge is 0.160 e. The minimum Gasteiger partial charge on any atom is -0.228 e. The zero-order valence-corrected chi connectivity index (χ0v) is 41.1. The van der Waals surface area contributed by atoms with E-state index >= 15 is 0 Å². The first kappa shape index (κ1) is 45.5. The van der Waals surface area contributed by atoms with Gasteiger partial charge < -0.3 is 0 Å². The number of aryl methyl sites for hydroxylation is 4. The van der Waals surface area contributed by atoms with Crippen LogP contribution in [-0.4, -0.2) is 9.97 Å². The molecule has 3 heterocycles. The maximum Gasteiger partial charge on any atom is 0.160 e. The van der Waals surface area contributed by atoms with Crippen LogP contribution in [-0.2, 0) is 12.8 Å². The van der Waals surface area contributed by atoms with Gasteiger partial charge in [0.1, 0.15) is 0 Å². The highest BCUT2D eigenvalue weighted by Gasteiger charge is 2.19. The Kier molecular flexibility index (Phi) is 15.0. The van der Waals surface area contributed by atoms with Crippen LogP contribution in [0, 0.1) is 13.8 Å². The van der Waals surface area contributed by atoms with Gasteiger partial charge in [-0.1, -0.05) is 169 Å². The summed E-state index contributed by atoms with van der Waals surface area (Å²) in [6, 6.07) is 54.2. The van der Waals surface area contributed by atoms with Crippen LogP contribution in [0.4, 0.5) is 0 Å². The third kappa shape index (κ3) is 10.6. The van der Waals surface area contributed by atoms with E-state index in [1.165, 1.54) is 147 Å². The first-order valence-electron chi connectivity index (χ1n) is 24.8. The molecular weight excluding hydrogens is 837 g/mol. The van der Waals surface area contributed by atoms with Crippen molar-refractivity contribution >= 4 is 44.2 Å². The lowest BCUT2D eigenvalue weighted by Crippen LogP contribution is -2.01. The third-order valence-corrected chi connectivity index (χ3v) is 15.7. The molecule has 0 fully saturated rings. The van der Waals surface area contributed by atoms with Crippen LogP contribution in [0.15, 0.2) is 146 Å². The Bertz CT molecular complexity index is 2950. The van der Waals surface area contributed by atoms with Gasteiger partial charge in [-0.3, -0.25) is 0 Å². The van der Waals surface area contributed by atoms with E-state index in [0.717, 1.165) is 51.6 Å². The zero-order valence-electron chi connectivity index (χ0n) is 39.5. The van der Waals surface area contributed by atoms with Crippen molar-refractivity contribution < 1.29 is 0 Å². The number of rotatable bonds is 20. The van der Waals surface area contributed by atoms with Crippen molar-refractivity contribution in [1.82, 2.24) is 9.97 Å². The summed E-state index contributed by atoms with van der Waals surface area (Å²) in [6.45, 7) is 9.13. The Labute approximate surface area is 401 Å². The van der Waals surface area contributed by atoms with Gasteiger partial charge in [-0.15, -0.1) is 22.7 Å². The molecule has 9 rings (SSSR count). The van der Waals surface area contributed by atoms with Crippen LogP contribution in [0.2, 0.25) is 0 Å². The second kappa shape index (κ2) is 21.7. The molecule has 9 aromatic rings. The SMILES string of the molecule is CCCCCCCCc1cc(-c2cc(-c3ccc(-c4ccc(C)s4)s3)nc(-c3cc(-c4cccc5ccccc45)cc(-c4cccc5ccccc45)c3)n2)c(CCCCCCCC)cc1C. The Hall–Kier alpha value is -5.68. The minimum atomic E-state index is 0.761. The van der Waals surface area contributed by atoms with Crippen molar-refractivity contribution in [2.45, 2.75) is 118 Å². The molecule has 3 aromatic heterocycles. The molecule has 0 saturated heterocycles. The van der Waals surface area contributed by atoms with E-state index in [4.69, 9.17) is 9.97 Å². The number of benzene rings is 6. The van der Waals surface area contributed by atoms with Gasteiger partial charge in [-0.25, -0.2) is 9.97 Å². The van der Waals surface area contributed by atoms with Crippen molar-refractivity contribution in [3.8, 4) is 65.2 Å². The molecule has 0 unspecified atom stereocenters. The average Bonchev–Trinajstić information content (AvgIpc) is 4.03. The Morgan fingerprint density at radius 2 is 0.909 bits per heavy atom. The van der Waals surface area contributed by atoms with Crippen molar-refractivity contribution in [2.75, 3.05) is 0 Å². The summed E-state index contributed by atoms with van der Waals surface area (Å²) in [6.07, 6.45) is 17.6. The van der Waals surface area contributed by atoms with E-state index in [1.807, 2.05) is 22.7 Å². The lowest BCUT2D eigenvalue weighted by atomic mass is 9.90. The molecule has 0 N–H and O–H groups in total. The fourth-order valence-corrected chi connectivity index (χ4v) is 11.7. The van der Waals surface area contributed by atoms with Crippen LogP contribution in [0.25, 0.3) is 86.8 Å². The lowest BCUT2D eigenvalue weighted by Gasteiger charge is -2.17. The summed E-state index contributed by atoms with van der Waals surface area (Å²) in [5.74, 6) is 0.761. The van der Waals surface area contributed by atoms with Gasteiger partial charge in [0.15, 0.2) is 5.82 Å². The standard InChI is InChI=1S/C62H64N2S2/c1-5-7-9-11-13-15-25-47-41-56(48(37-43(47)3)26-16-14-12-10-8-6-2)57-42-58(59-35-36-61(66-59)60-34-33-44(4)65-60)64-62(63-57)51-39-49(54-31-21-27-45-23-17-19-29-52(45)54)38-50(40-51)55-32-22-28-46-24-18-20-30-53(46)55/h17-24,27-42H,5-16,25-26H2,1-4H3. The number of aromatic nitrogens is 2. The summed E-state index contributed by atoms with van der Waals surface area (Å²) >= 11 is 3.69. The van der Waals surface area contributed by atoms with Gasteiger partial charge in [-0.05, 0) is 155 Å². The molecule has 334 valence electrons. The molecule has 0 bridgehead atoms. The zero-order chi connectivity index (χ0) is 45.2. The topological polar surface area (TPSA) is 25.8 Å². The number of unbranched alkanes of at least 4 members (excludes halogenated alkanes) is 10. The maximum absolute atomic E-state index is 5.69. The highest BCUT2D eigenvalue weighted by Crippen LogP contribution is 2.42. The van der Waals surface area contributed by atoms with Crippen LogP contribution in [0.1, 0.15) is 112 Å². The van der Waals surface area contributed by atoms with Gasteiger partial charge in [0.2, 0.25) is 0 Å². The summed E-state index contributed by atoms with van der Waals surface area (Å²) in [5, 5.41) is 4.94. The van der Waals surface area contributed by atoms with Crippen LogP contribution in [0.3, 0.4) is 0 Å². The summed E-state index contributed by atoms with van der Waals surface area (Å²) in [5.41, 5.74) is 13.3. The normalized spacial score (nSPS) is 11.6. The Morgan fingerprint density at radius 3 is 1.53 bits per heavy atom. The van der Waals surface area contributed by atoms with E-state index in [1.54, 1.807) is 0 Å². The van der Waals surface area contributed by atoms with Crippen molar-refractivity contribution in [3.63, 3.8) is 0 Å². The molecule has 0 amide bonds. The monoisotopic (exact) mass is 900 g/mol.